The Hall–Kier alpha value is -4.24. The predicted molar refractivity (Wildman–Crippen MR) is 201 cm³/mol. The Balaban J connectivity index is 1.35. The van der Waals surface area contributed by atoms with Gasteiger partial charge in [0.15, 0.2) is 0 Å². The molecule has 0 spiro atoms. The van der Waals surface area contributed by atoms with E-state index in [-0.39, 0.29) is 17.9 Å². The summed E-state index contributed by atoms with van der Waals surface area (Å²) in [4.78, 5) is 26.5. The Morgan fingerprint density at radius 2 is 1.58 bits per heavy atom. The van der Waals surface area contributed by atoms with Gasteiger partial charge in [-0.1, -0.05) is 93.0 Å². The number of allylic oxidation sites excluding steroid dienone is 2. The first-order chi connectivity index (χ1) is 23.7. The van der Waals surface area contributed by atoms with Gasteiger partial charge in [0.05, 0.1) is 21.8 Å². The van der Waals surface area contributed by atoms with Crippen LogP contribution >= 0.6 is 11.6 Å². The van der Waals surface area contributed by atoms with E-state index in [1.165, 1.54) is 11.1 Å². The molecule has 0 saturated carbocycles. The van der Waals surface area contributed by atoms with Crippen molar-refractivity contribution in [1.82, 2.24) is 5.32 Å². The number of hydrogen-bond acceptors (Lipinski definition) is 5. The molecule has 5 rings (SSSR count). The molecule has 4 aromatic carbocycles. The third-order valence-electron chi connectivity index (χ3n) is 9.58. The van der Waals surface area contributed by atoms with Crippen LogP contribution in [0, 0.1) is 18.3 Å². The summed E-state index contributed by atoms with van der Waals surface area (Å²) in [7, 11) is -4.42. The second kappa shape index (κ2) is 15.8. The second-order valence-electron chi connectivity index (χ2n) is 14.2. The fraction of sp³-hybridized carbons (Fsp3) is 0.317. The number of nitrogens with one attached hydrogen (secondary N) is 2. The standard InChI is InChI=1S/C41H45ClN2O5S/c1-27-25-35(42)19-22-37(27)31-15-20-36(21-16-31)44-40(46)38(26-28-5-7-33(8-6-28)39(45)43-23-24-50(47,48)49)32-11-9-29(10-12-32)30-13-17-34(18-14-30)41(2,3)4/h5-13,15-16,19-22,25,34,38H,14,17-18,23-24,26H2,1-4H3,(H,43,45)(H,44,46)(H,47,48,49)/p-1/t34-,38+/m1/s1. The van der Waals surface area contributed by atoms with E-state index in [1.807, 2.05) is 61.5 Å². The molecule has 0 fully saturated rings. The van der Waals surface area contributed by atoms with Crippen molar-refractivity contribution in [1.29, 1.82) is 0 Å². The molecule has 0 aliphatic heterocycles. The van der Waals surface area contributed by atoms with Crippen molar-refractivity contribution in [2.75, 3.05) is 17.6 Å². The van der Waals surface area contributed by atoms with Crippen LogP contribution in [0.5, 0.6) is 0 Å². The summed E-state index contributed by atoms with van der Waals surface area (Å²) in [5, 5.41) is 6.26. The maximum absolute atomic E-state index is 14.0. The molecule has 4 aromatic rings. The highest BCUT2D eigenvalue weighted by Crippen LogP contribution is 2.40. The fourth-order valence-corrected chi connectivity index (χ4v) is 7.09. The SMILES string of the molecule is Cc1cc(Cl)ccc1-c1ccc(NC(=O)[C@@H](Cc2ccc(C(=O)NCCS(=O)(=O)[O-])cc2)c2ccc(C3=CC[C@@H](C(C)(C)C)CC3)cc2)cc1. The maximum atomic E-state index is 14.0. The summed E-state index contributed by atoms with van der Waals surface area (Å²) in [6.45, 7) is 8.66. The molecule has 262 valence electrons. The third-order valence-corrected chi connectivity index (χ3v) is 10.5. The average Bonchev–Trinajstić information content (AvgIpc) is 3.07. The molecule has 0 saturated heterocycles. The lowest BCUT2D eigenvalue weighted by atomic mass is 9.72. The molecule has 0 unspecified atom stereocenters. The van der Waals surface area contributed by atoms with Gasteiger partial charge >= 0.3 is 0 Å². The van der Waals surface area contributed by atoms with Gasteiger partial charge in [-0.2, -0.15) is 0 Å². The minimum atomic E-state index is -4.42. The van der Waals surface area contributed by atoms with Crippen LogP contribution in [0.4, 0.5) is 5.69 Å². The molecule has 0 aromatic heterocycles. The van der Waals surface area contributed by atoms with Crippen molar-refractivity contribution < 1.29 is 22.6 Å². The van der Waals surface area contributed by atoms with Crippen LogP contribution in [0.3, 0.4) is 0 Å². The van der Waals surface area contributed by atoms with Crippen LogP contribution in [-0.2, 0) is 21.3 Å². The Morgan fingerprint density at radius 1 is 0.920 bits per heavy atom. The number of aryl methyl sites for hydroxylation is 1. The van der Waals surface area contributed by atoms with Crippen LogP contribution < -0.4 is 10.6 Å². The molecule has 1 aliphatic carbocycles. The summed E-state index contributed by atoms with van der Waals surface area (Å²) in [5.41, 5.74) is 8.69. The van der Waals surface area contributed by atoms with Crippen molar-refractivity contribution in [2.45, 2.75) is 59.3 Å². The third kappa shape index (κ3) is 9.93. The number of halogens is 1. The van der Waals surface area contributed by atoms with E-state index in [2.05, 4.69) is 49.6 Å². The Bertz CT molecular complexity index is 1960. The van der Waals surface area contributed by atoms with Crippen LogP contribution in [0.2, 0.25) is 5.02 Å². The van der Waals surface area contributed by atoms with E-state index in [1.54, 1.807) is 24.3 Å². The van der Waals surface area contributed by atoms with Crippen molar-refractivity contribution in [3.63, 3.8) is 0 Å². The molecule has 2 atom stereocenters. The van der Waals surface area contributed by atoms with Gasteiger partial charge < -0.3 is 15.2 Å². The predicted octanol–water partition coefficient (Wildman–Crippen LogP) is 8.79. The highest BCUT2D eigenvalue weighted by atomic mass is 35.5. The summed E-state index contributed by atoms with van der Waals surface area (Å²) in [5.74, 6) is -1.17. The van der Waals surface area contributed by atoms with Gasteiger partial charge in [-0.25, -0.2) is 8.42 Å². The van der Waals surface area contributed by atoms with Crippen LogP contribution in [0.15, 0.2) is 97.1 Å². The number of amides is 2. The van der Waals surface area contributed by atoms with Gasteiger partial charge in [0.1, 0.15) is 0 Å². The zero-order chi connectivity index (χ0) is 36.1. The van der Waals surface area contributed by atoms with Crippen LogP contribution in [0.1, 0.15) is 78.6 Å². The number of carbonyl (C=O) groups is 2. The smallest absolute Gasteiger partial charge is 0.251 e. The normalized spacial score (nSPS) is 15.6. The van der Waals surface area contributed by atoms with Crippen LogP contribution in [0.25, 0.3) is 16.7 Å². The van der Waals surface area contributed by atoms with Gasteiger partial charge in [-0.05, 0) is 119 Å². The first-order valence-electron chi connectivity index (χ1n) is 16.9. The van der Waals surface area contributed by atoms with Crippen molar-refractivity contribution >= 4 is 44.8 Å². The average molecular weight is 712 g/mol. The van der Waals surface area contributed by atoms with E-state index >= 15 is 0 Å². The molecule has 2 N–H and O–H groups in total. The molecule has 0 radical (unpaired) electrons. The number of carbonyl (C=O) groups excluding carboxylic acids is 2. The molecule has 0 bridgehead atoms. The van der Waals surface area contributed by atoms with E-state index in [0.29, 0.717) is 28.6 Å². The zero-order valence-corrected chi connectivity index (χ0v) is 30.5. The van der Waals surface area contributed by atoms with E-state index in [9.17, 15) is 22.6 Å². The topological polar surface area (TPSA) is 115 Å². The highest BCUT2D eigenvalue weighted by Gasteiger charge is 2.27. The highest BCUT2D eigenvalue weighted by molar-refractivity contribution is 7.85. The van der Waals surface area contributed by atoms with Crippen molar-refractivity contribution in [3.8, 4) is 11.1 Å². The van der Waals surface area contributed by atoms with E-state index in [4.69, 9.17) is 11.6 Å². The summed E-state index contributed by atoms with van der Waals surface area (Å²) in [6, 6.07) is 28.7. The molecule has 50 heavy (non-hydrogen) atoms. The number of anilines is 1. The first kappa shape index (κ1) is 37.0. The van der Waals surface area contributed by atoms with Gasteiger partial charge in [-0.15, -0.1) is 0 Å². The van der Waals surface area contributed by atoms with Gasteiger partial charge in [0.2, 0.25) is 5.91 Å². The molecule has 1 aliphatic rings. The Kier molecular flexibility index (Phi) is 11.7. The minimum Gasteiger partial charge on any atom is -0.748 e. The number of hydrogen-bond donors (Lipinski definition) is 2. The van der Waals surface area contributed by atoms with Gasteiger partial charge in [0.25, 0.3) is 5.91 Å². The van der Waals surface area contributed by atoms with Crippen molar-refractivity contribution in [3.05, 3.63) is 130 Å². The maximum Gasteiger partial charge on any atom is 0.251 e. The zero-order valence-electron chi connectivity index (χ0n) is 29.0. The Morgan fingerprint density at radius 3 is 2.16 bits per heavy atom. The van der Waals surface area contributed by atoms with Crippen LogP contribution in [-0.4, -0.2) is 37.1 Å². The first-order valence-corrected chi connectivity index (χ1v) is 18.9. The lowest BCUT2D eigenvalue weighted by Crippen LogP contribution is -2.29. The number of benzene rings is 4. The molecular weight excluding hydrogens is 668 g/mol. The molecule has 9 heteroatoms. The lowest BCUT2D eigenvalue weighted by molar-refractivity contribution is -0.117. The minimum absolute atomic E-state index is 0.154. The monoisotopic (exact) mass is 711 g/mol. The van der Waals surface area contributed by atoms with Gasteiger partial charge in [-0.3, -0.25) is 9.59 Å². The Labute approximate surface area is 300 Å². The van der Waals surface area contributed by atoms with Gasteiger partial charge in [0, 0.05) is 22.8 Å². The second-order valence-corrected chi connectivity index (χ2v) is 16.1. The molecule has 7 nitrogen and oxygen atoms in total. The van der Waals surface area contributed by atoms with E-state index in [0.717, 1.165) is 47.1 Å². The fourth-order valence-electron chi connectivity index (χ4n) is 6.51. The summed E-state index contributed by atoms with van der Waals surface area (Å²) in [6.07, 6.45) is 6.01. The number of rotatable bonds is 11. The molecule has 0 heterocycles. The summed E-state index contributed by atoms with van der Waals surface area (Å²) >= 11 is 6.15. The lowest BCUT2D eigenvalue weighted by Gasteiger charge is -2.33. The molecule has 2 amide bonds. The molecular formula is C41H44ClN2O5S-. The quantitative estimate of drug-likeness (QED) is 0.151. The van der Waals surface area contributed by atoms with E-state index < -0.39 is 27.7 Å². The largest absolute Gasteiger partial charge is 0.748 e. The van der Waals surface area contributed by atoms with Crippen molar-refractivity contribution in [2.24, 2.45) is 11.3 Å². The summed E-state index contributed by atoms with van der Waals surface area (Å²) < 4.78 is 32.6.